The second kappa shape index (κ2) is 8.20. The van der Waals surface area contributed by atoms with Crippen LogP contribution in [0.2, 0.25) is 0 Å². The molecule has 0 unspecified atom stereocenters. The second-order valence-corrected chi connectivity index (χ2v) is 6.68. The number of amides is 2. The maximum atomic E-state index is 12.6. The van der Waals surface area contributed by atoms with Crippen LogP contribution in [-0.2, 0) is 14.3 Å². The van der Waals surface area contributed by atoms with Crippen LogP contribution in [0.5, 0.6) is 0 Å². The fourth-order valence-electron chi connectivity index (χ4n) is 3.00. The molecule has 0 atom stereocenters. The zero-order chi connectivity index (χ0) is 21.1. The highest BCUT2D eigenvalue weighted by Gasteiger charge is 2.29. The van der Waals surface area contributed by atoms with E-state index in [1.807, 2.05) is 31.2 Å². The van der Waals surface area contributed by atoms with E-state index in [0.29, 0.717) is 11.3 Å². The molecule has 8 nitrogen and oxygen atoms in total. The smallest absolute Gasteiger partial charge is 0.416 e. The molecule has 1 aliphatic rings. The fraction of sp³-hybridized carbons (Fsp3) is 0.182. The van der Waals surface area contributed by atoms with Gasteiger partial charge in [-0.1, -0.05) is 42.0 Å². The Morgan fingerprint density at radius 2 is 1.90 bits per heavy atom. The van der Waals surface area contributed by atoms with Gasteiger partial charge in [-0.15, -0.1) is 0 Å². The number of cyclic esters (lactones) is 1. The number of benzene rings is 2. The highest BCUT2D eigenvalue weighted by atomic mass is 16.6. The molecule has 4 rings (SSSR count). The monoisotopic (exact) mass is 406 g/mol. The van der Waals surface area contributed by atoms with E-state index in [9.17, 15) is 14.4 Å². The molecule has 1 saturated heterocycles. The van der Waals surface area contributed by atoms with Gasteiger partial charge < -0.3 is 13.9 Å². The van der Waals surface area contributed by atoms with Crippen LogP contribution in [0.4, 0.5) is 4.79 Å². The molecule has 1 fully saturated rings. The van der Waals surface area contributed by atoms with E-state index in [4.69, 9.17) is 13.9 Å². The molecule has 2 aromatic carbocycles. The molecule has 0 spiro atoms. The Kier molecular flexibility index (Phi) is 5.30. The largest absolute Gasteiger partial charge is 0.452 e. The number of oxazole rings is 1. The van der Waals surface area contributed by atoms with Crippen molar-refractivity contribution in [3.63, 3.8) is 0 Å². The van der Waals surface area contributed by atoms with Crippen molar-refractivity contribution in [2.45, 2.75) is 6.92 Å². The Labute approximate surface area is 172 Å². The van der Waals surface area contributed by atoms with Crippen molar-refractivity contribution in [1.82, 2.24) is 9.88 Å². The first kappa shape index (κ1) is 19.4. The van der Waals surface area contributed by atoms with Crippen molar-refractivity contribution in [2.24, 2.45) is 0 Å². The Balaban J connectivity index is 1.51. The summed E-state index contributed by atoms with van der Waals surface area (Å²) in [5, 5.41) is 0. The third kappa shape index (κ3) is 3.93. The van der Waals surface area contributed by atoms with E-state index in [1.165, 1.54) is 0 Å². The number of carbonyl (C=O) groups excluding carboxylic acids is 3. The average Bonchev–Trinajstić information content (AvgIpc) is 3.42. The van der Waals surface area contributed by atoms with Crippen molar-refractivity contribution in [3.8, 4) is 22.8 Å². The molecule has 2 amide bonds. The first-order valence-corrected chi connectivity index (χ1v) is 9.29. The number of rotatable bonds is 5. The molecular weight excluding hydrogens is 388 g/mol. The molecule has 1 aliphatic heterocycles. The van der Waals surface area contributed by atoms with Gasteiger partial charge in [-0.25, -0.2) is 19.5 Å². The number of imide groups is 1. The summed E-state index contributed by atoms with van der Waals surface area (Å²) < 4.78 is 15.7. The molecule has 0 bridgehead atoms. The van der Waals surface area contributed by atoms with Crippen LogP contribution in [-0.4, -0.2) is 47.6 Å². The van der Waals surface area contributed by atoms with Crippen LogP contribution >= 0.6 is 0 Å². The van der Waals surface area contributed by atoms with Crippen molar-refractivity contribution in [1.29, 1.82) is 0 Å². The third-order valence-corrected chi connectivity index (χ3v) is 4.61. The summed E-state index contributed by atoms with van der Waals surface area (Å²) in [6, 6.07) is 14.4. The van der Waals surface area contributed by atoms with Gasteiger partial charge in [-0.05, 0) is 19.1 Å². The number of nitrogens with zero attached hydrogens (tertiary/aromatic N) is 2. The summed E-state index contributed by atoms with van der Waals surface area (Å²) in [5.74, 6) is -0.536. The van der Waals surface area contributed by atoms with Crippen molar-refractivity contribution in [2.75, 3.05) is 19.8 Å². The van der Waals surface area contributed by atoms with Crippen molar-refractivity contribution < 1.29 is 28.3 Å². The van der Waals surface area contributed by atoms with Crippen molar-refractivity contribution >= 4 is 18.0 Å². The van der Waals surface area contributed by atoms with Gasteiger partial charge in [0.1, 0.15) is 6.61 Å². The zero-order valence-electron chi connectivity index (χ0n) is 16.2. The Bertz CT molecular complexity index is 1100. The summed E-state index contributed by atoms with van der Waals surface area (Å²) >= 11 is 0. The molecule has 3 aromatic rings. The SMILES string of the molecule is Cc1ccc(-c2cnc(-c3ccccc3C(=O)OCC(=O)N3CCOC3=O)o2)cc1. The van der Waals surface area contributed by atoms with Gasteiger partial charge in [-0.2, -0.15) is 0 Å². The van der Waals surface area contributed by atoms with E-state index in [-0.39, 0.29) is 24.6 Å². The van der Waals surface area contributed by atoms with Crippen LogP contribution in [0.25, 0.3) is 22.8 Å². The van der Waals surface area contributed by atoms with Gasteiger partial charge >= 0.3 is 12.1 Å². The first-order chi connectivity index (χ1) is 14.5. The van der Waals surface area contributed by atoms with Crippen molar-refractivity contribution in [3.05, 3.63) is 65.9 Å². The van der Waals surface area contributed by atoms with Crippen LogP contribution in [0.3, 0.4) is 0 Å². The number of aromatic nitrogens is 1. The lowest BCUT2D eigenvalue weighted by Crippen LogP contribution is -2.35. The Hall–Kier alpha value is -3.94. The maximum Gasteiger partial charge on any atom is 0.416 e. The maximum absolute atomic E-state index is 12.6. The summed E-state index contributed by atoms with van der Waals surface area (Å²) in [4.78, 5) is 41.2. The van der Waals surface area contributed by atoms with E-state index < -0.39 is 24.6 Å². The highest BCUT2D eigenvalue weighted by molar-refractivity contribution is 5.99. The van der Waals surface area contributed by atoms with E-state index in [1.54, 1.807) is 30.5 Å². The number of esters is 1. The lowest BCUT2D eigenvalue weighted by molar-refractivity contribution is -0.131. The van der Waals surface area contributed by atoms with Gasteiger partial charge in [0, 0.05) is 5.56 Å². The minimum absolute atomic E-state index is 0.134. The number of hydrogen-bond donors (Lipinski definition) is 0. The molecule has 0 saturated carbocycles. The minimum atomic E-state index is -0.736. The number of ether oxygens (including phenoxy) is 2. The third-order valence-electron chi connectivity index (χ3n) is 4.61. The van der Waals surface area contributed by atoms with Crippen LogP contribution < -0.4 is 0 Å². The summed E-state index contributed by atoms with van der Waals surface area (Å²) in [7, 11) is 0. The van der Waals surface area contributed by atoms with Gasteiger partial charge in [-0.3, -0.25) is 4.79 Å². The quantitative estimate of drug-likeness (QED) is 0.598. The Morgan fingerprint density at radius 1 is 1.13 bits per heavy atom. The number of hydrogen-bond acceptors (Lipinski definition) is 7. The predicted molar refractivity (Wildman–Crippen MR) is 105 cm³/mol. The van der Waals surface area contributed by atoms with Crippen LogP contribution in [0.15, 0.2) is 59.1 Å². The molecule has 30 heavy (non-hydrogen) atoms. The second-order valence-electron chi connectivity index (χ2n) is 6.68. The van der Waals surface area contributed by atoms with E-state index >= 15 is 0 Å². The Morgan fingerprint density at radius 3 is 2.63 bits per heavy atom. The lowest BCUT2D eigenvalue weighted by Gasteiger charge is -2.11. The molecule has 2 heterocycles. The molecule has 0 aliphatic carbocycles. The topological polar surface area (TPSA) is 98.9 Å². The zero-order valence-corrected chi connectivity index (χ0v) is 16.2. The lowest BCUT2D eigenvalue weighted by atomic mass is 10.1. The summed E-state index contributed by atoms with van der Waals surface area (Å²) in [6.45, 7) is 1.70. The predicted octanol–water partition coefficient (Wildman–Crippen LogP) is 3.45. The molecule has 0 N–H and O–H groups in total. The number of carbonyl (C=O) groups is 3. The minimum Gasteiger partial charge on any atom is -0.452 e. The first-order valence-electron chi connectivity index (χ1n) is 9.29. The molecule has 0 radical (unpaired) electrons. The normalized spacial score (nSPS) is 13.2. The van der Waals surface area contributed by atoms with Gasteiger partial charge in [0.2, 0.25) is 5.89 Å². The van der Waals surface area contributed by atoms with Crippen LogP contribution in [0, 0.1) is 6.92 Å². The standard InChI is InChI=1S/C22H18N2O6/c1-14-6-8-15(9-7-14)18-12-23-20(30-18)16-4-2-3-5-17(16)21(26)29-13-19(25)24-10-11-28-22(24)27/h2-9,12H,10-11,13H2,1H3. The van der Waals surface area contributed by atoms with Gasteiger partial charge in [0.05, 0.1) is 23.9 Å². The average molecular weight is 406 g/mol. The fourth-order valence-corrected chi connectivity index (χ4v) is 3.00. The molecule has 152 valence electrons. The molecule has 8 heteroatoms. The van der Waals surface area contributed by atoms with Crippen LogP contribution in [0.1, 0.15) is 15.9 Å². The molecule has 1 aromatic heterocycles. The van der Waals surface area contributed by atoms with Gasteiger partial charge in [0.25, 0.3) is 5.91 Å². The summed E-state index contributed by atoms with van der Waals surface area (Å²) in [6.07, 6.45) is 0.852. The summed E-state index contributed by atoms with van der Waals surface area (Å²) in [5.41, 5.74) is 2.63. The number of aryl methyl sites for hydroxylation is 1. The van der Waals surface area contributed by atoms with Gasteiger partial charge in [0.15, 0.2) is 12.4 Å². The highest BCUT2D eigenvalue weighted by Crippen LogP contribution is 2.28. The molecular formula is C22H18N2O6. The van der Waals surface area contributed by atoms with E-state index in [0.717, 1.165) is 16.0 Å². The van der Waals surface area contributed by atoms with E-state index in [2.05, 4.69) is 4.98 Å².